The van der Waals surface area contributed by atoms with Crippen molar-refractivity contribution in [2.75, 3.05) is 6.54 Å². The number of rotatable bonds is 3. The minimum Gasteiger partial charge on any atom is -0.391 e. The van der Waals surface area contributed by atoms with E-state index in [0.717, 1.165) is 25.7 Å². The van der Waals surface area contributed by atoms with Crippen molar-refractivity contribution >= 4 is 5.91 Å². The number of β-amino-alcohol motifs (C(OH)–C–C–N with tert-alkyl or cyclic N) is 1. The second-order valence-electron chi connectivity index (χ2n) is 16.5. The number of carbonyl (C=O) groups is 1. The minimum atomic E-state index is -0.840. The number of aliphatic hydroxyl groups excluding tert-OH is 1. The summed E-state index contributed by atoms with van der Waals surface area (Å²) in [5, 5.41) is 11.3. The zero-order valence-electron chi connectivity index (χ0n) is 26.8. The van der Waals surface area contributed by atoms with Gasteiger partial charge in [0.1, 0.15) is 5.72 Å². The van der Waals surface area contributed by atoms with Crippen LogP contribution in [0, 0.1) is 5.41 Å². The van der Waals surface area contributed by atoms with Crippen molar-refractivity contribution in [1.82, 2.24) is 9.80 Å². The predicted molar refractivity (Wildman–Crippen MR) is 158 cm³/mol. The maximum atomic E-state index is 14.7. The van der Waals surface area contributed by atoms with Crippen LogP contribution in [0.4, 0.5) is 0 Å². The van der Waals surface area contributed by atoms with Gasteiger partial charge in [-0.15, -0.1) is 0 Å². The molecule has 38 heavy (non-hydrogen) atoms. The van der Waals surface area contributed by atoms with Crippen LogP contribution < -0.4 is 0 Å². The van der Waals surface area contributed by atoms with E-state index in [4.69, 9.17) is 4.74 Å². The van der Waals surface area contributed by atoms with Crippen LogP contribution in [0.25, 0.3) is 0 Å². The molecule has 0 radical (unpaired) electrons. The summed E-state index contributed by atoms with van der Waals surface area (Å²) >= 11 is 0. The molecule has 0 aromatic rings. The first-order chi connectivity index (χ1) is 17.3. The van der Waals surface area contributed by atoms with Crippen LogP contribution in [0.2, 0.25) is 0 Å². The summed E-state index contributed by atoms with van der Waals surface area (Å²) in [4.78, 5) is 19.4. The molecule has 2 spiro atoms. The molecule has 1 amide bonds. The first-order valence-electron chi connectivity index (χ1n) is 15.8. The smallest absolute Gasteiger partial charge is 0.257 e. The van der Waals surface area contributed by atoms with Gasteiger partial charge in [-0.1, -0.05) is 65.7 Å². The lowest BCUT2D eigenvalue weighted by Gasteiger charge is -2.62. The first-order valence-corrected chi connectivity index (χ1v) is 15.8. The van der Waals surface area contributed by atoms with Gasteiger partial charge in [0.2, 0.25) is 0 Å². The third-order valence-electron chi connectivity index (χ3n) is 9.21. The van der Waals surface area contributed by atoms with E-state index in [2.05, 4.69) is 74.1 Å². The Balaban J connectivity index is 2.02. The summed E-state index contributed by atoms with van der Waals surface area (Å²) in [6.45, 7) is 22.9. The van der Waals surface area contributed by atoms with Gasteiger partial charge in [0, 0.05) is 36.0 Å². The number of hydrogen-bond donors (Lipinski definition) is 1. The fourth-order valence-electron chi connectivity index (χ4n) is 9.14. The van der Waals surface area contributed by atoms with Crippen molar-refractivity contribution in [3.63, 3.8) is 0 Å². The highest BCUT2D eigenvalue weighted by Crippen LogP contribution is 2.55. The molecule has 1 N–H and O–H groups in total. The normalized spacial score (nSPS) is 27.8. The third kappa shape index (κ3) is 7.16. The van der Waals surface area contributed by atoms with Crippen LogP contribution in [0.1, 0.15) is 159 Å². The van der Waals surface area contributed by atoms with E-state index in [9.17, 15) is 9.90 Å². The summed E-state index contributed by atoms with van der Waals surface area (Å²) in [6.07, 6.45) is 14.3. The SMILES string of the molecule is CC(C)(C)CC(O)CN1C(=O)C2(CC(C)(C)N(C(C)(C)C)C(C)(C)C2)OC12CCCCCCCCCCC2. The quantitative estimate of drug-likeness (QED) is 0.401. The average Bonchev–Trinajstić information content (AvgIpc) is 2.88. The zero-order chi connectivity index (χ0) is 28.6. The predicted octanol–water partition coefficient (Wildman–Crippen LogP) is 7.83. The minimum absolute atomic E-state index is 0.00241. The summed E-state index contributed by atoms with van der Waals surface area (Å²) < 4.78 is 7.35. The fourth-order valence-corrected chi connectivity index (χ4v) is 9.14. The van der Waals surface area contributed by atoms with E-state index in [1.165, 1.54) is 44.9 Å². The van der Waals surface area contributed by atoms with Gasteiger partial charge in [0.15, 0.2) is 5.60 Å². The standard InChI is InChI=1S/C33H62N2O3/c1-28(2,3)22-26(36)23-34-27(37)32(24-30(7,8)35(29(4,5)6)31(9,10)25-32)38-33(34)20-18-16-14-12-11-13-15-17-19-21-33/h26,36H,11-25H2,1-10H3. The lowest BCUT2D eigenvalue weighted by molar-refractivity contribution is -0.214. The Bertz CT molecular complexity index is 774. The van der Waals surface area contributed by atoms with Crippen LogP contribution in [0.5, 0.6) is 0 Å². The number of ether oxygens (including phenoxy) is 1. The third-order valence-corrected chi connectivity index (χ3v) is 9.21. The van der Waals surface area contributed by atoms with Crippen LogP contribution in [0.15, 0.2) is 0 Å². The van der Waals surface area contributed by atoms with Crippen LogP contribution in [-0.4, -0.2) is 61.4 Å². The molecule has 1 atom stereocenters. The van der Waals surface area contributed by atoms with Crippen LogP contribution >= 0.6 is 0 Å². The number of hydrogen-bond acceptors (Lipinski definition) is 4. The molecule has 3 rings (SSSR count). The van der Waals surface area contributed by atoms with Gasteiger partial charge in [0.05, 0.1) is 6.10 Å². The van der Waals surface area contributed by atoms with E-state index in [1.54, 1.807) is 0 Å². The molecule has 0 aromatic carbocycles. The lowest BCUT2D eigenvalue weighted by Crippen LogP contribution is -2.71. The Morgan fingerprint density at radius 2 is 1.21 bits per heavy atom. The molecule has 1 unspecified atom stereocenters. The van der Waals surface area contributed by atoms with Crippen molar-refractivity contribution in [3.05, 3.63) is 0 Å². The van der Waals surface area contributed by atoms with Gasteiger partial charge in [-0.05, 0) is 86.0 Å². The number of nitrogens with zero attached hydrogens (tertiary/aromatic N) is 2. The number of carbonyl (C=O) groups excluding carboxylic acids is 1. The maximum absolute atomic E-state index is 14.7. The molecule has 3 fully saturated rings. The number of piperidine rings is 1. The highest BCUT2D eigenvalue weighted by atomic mass is 16.6. The van der Waals surface area contributed by atoms with Crippen molar-refractivity contribution in [2.45, 2.75) is 193 Å². The van der Waals surface area contributed by atoms with Crippen LogP contribution in [-0.2, 0) is 9.53 Å². The van der Waals surface area contributed by atoms with Crippen molar-refractivity contribution in [2.24, 2.45) is 5.41 Å². The highest BCUT2D eigenvalue weighted by molar-refractivity contribution is 5.88. The van der Waals surface area contributed by atoms with Crippen molar-refractivity contribution < 1.29 is 14.6 Å². The molecule has 2 heterocycles. The summed E-state index contributed by atoms with van der Waals surface area (Å²) in [5.41, 5.74) is -1.88. The zero-order valence-corrected chi connectivity index (χ0v) is 26.8. The van der Waals surface area contributed by atoms with E-state index in [0.29, 0.717) is 25.8 Å². The Labute approximate surface area is 235 Å². The van der Waals surface area contributed by atoms with Gasteiger partial charge >= 0.3 is 0 Å². The summed E-state index contributed by atoms with van der Waals surface area (Å²) in [6, 6.07) is 0. The molecule has 2 saturated heterocycles. The van der Waals surface area contributed by atoms with Crippen LogP contribution in [0.3, 0.4) is 0 Å². The molecule has 0 aromatic heterocycles. The molecular formula is C33H62N2O3. The fraction of sp³-hybridized carbons (Fsp3) is 0.970. The largest absolute Gasteiger partial charge is 0.391 e. The Morgan fingerprint density at radius 1 is 0.789 bits per heavy atom. The second kappa shape index (κ2) is 11.3. The molecule has 1 saturated carbocycles. The number of likely N-dealkylation sites (tertiary alicyclic amines) is 1. The second-order valence-corrected chi connectivity index (χ2v) is 16.5. The molecule has 0 bridgehead atoms. The van der Waals surface area contributed by atoms with Crippen molar-refractivity contribution in [1.29, 1.82) is 0 Å². The topological polar surface area (TPSA) is 53.0 Å². The number of amides is 1. The average molecular weight is 535 g/mol. The maximum Gasteiger partial charge on any atom is 0.257 e. The summed E-state index contributed by atoms with van der Waals surface area (Å²) in [7, 11) is 0. The molecule has 1 aliphatic carbocycles. The molecule has 5 heteroatoms. The van der Waals surface area contributed by atoms with E-state index >= 15 is 0 Å². The first kappa shape index (κ1) is 31.9. The molecule has 2 aliphatic heterocycles. The molecular weight excluding hydrogens is 472 g/mol. The summed E-state index contributed by atoms with van der Waals surface area (Å²) in [5.74, 6) is 0.132. The van der Waals surface area contributed by atoms with Gasteiger partial charge in [0.25, 0.3) is 5.91 Å². The lowest BCUT2D eigenvalue weighted by atomic mass is 9.68. The Kier molecular flexibility index (Phi) is 9.49. The van der Waals surface area contributed by atoms with Crippen molar-refractivity contribution in [3.8, 4) is 0 Å². The van der Waals surface area contributed by atoms with Gasteiger partial charge in [-0.2, -0.15) is 0 Å². The van der Waals surface area contributed by atoms with E-state index < -0.39 is 17.4 Å². The Hall–Kier alpha value is -0.650. The number of aliphatic hydroxyl groups is 1. The van der Waals surface area contributed by atoms with E-state index in [1.807, 2.05) is 4.90 Å². The Morgan fingerprint density at radius 3 is 1.61 bits per heavy atom. The molecule has 5 nitrogen and oxygen atoms in total. The molecule has 222 valence electrons. The van der Waals surface area contributed by atoms with Gasteiger partial charge < -0.3 is 14.7 Å². The van der Waals surface area contributed by atoms with Gasteiger partial charge in [-0.25, -0.2) is 0 Å². The van der Waals surface area contributed by atoms with Gasteiger partial charge in [-0.3, -0.25) is 9.69 Å². The molecule has 3 aliphatic rings. The monoisotopic (exact) mass is 534 g/mol. The highest BCUT2D eigenvalue weighted by Gasteiger charge is 2.67. The van der Waals surface area contributed by atoms with E-state index in [-0.39, 0.29) is 27.9 Å².